The molecule has 1 heterocycles. The van der Waals surface area contributed by atoms with Crippen molar-refractivity contribution in [2.45, 2.75) is 65.5 Å². The fraction of sp³-hybridized carbons (Fsp3) is 0.786. The number of nitrogens with one attached hydrogen (secondary N) is 1. The lowest BCUT2D eigenvalue weighted by Crippen LogP contribution is -2.34. The molecule has 0 saturated heterocycles. The van der Waals surface area contributed by atoms with Gasteiger partial charge in [0.05, 0.1) is 10.7 Å². The monoisotopic (exact) mass is 252 g/mol. The molecule has 3 atom stereocenters. The molecule has 0 aliphatic heterocycles. The highest BCUT2D eigenvalue weighted by molar-refractivity contribution is 7.11. The molecule has 1 fully saturated rings. The first-order valence-corrected chi connectivity index (χ1v) is 7.63. The number of hydrogen-bond donors (Lipinski definition) is 1. The molecule has 3 heteroatoms. The standard InChI is InChI=1S/C14H24N2S/c1-5-12-7-6-8-13(12)16-10(3)14-9(2)15-11(4)17-14/h10,12-13,16H,5-8H2,1-4H3. The number of rotatable bonds is 4. The molecule has 2 nitrogen and oxygen atoms in total. The lowest BCUT2D eigenvalue weighted by Gasteiger charge is -2.24. The Bertz CT molecular complexity index is 372. The summed E-state index contributed by atoms with van der Waals surface area (Å²) in [6.07, 6.45) is 5.45. The fourth-order valence-electron chi connectivity index (χ4n) is 3.09. The number of thiazole rings is 1. The third kappa shape index (κ3) is 2.89. The summed E-state index contributed by atoms with van der Waals surface area (Å²) in [4.78, 5) is 5.95. The van der Waals surface area contributed by atoms with Gasteiger partial charge in [0.15, 0.2) is 0 Å². The number of hydrogen-bond acceptors (Lipinski definition) is 3. The average molecular weight is 252 g/mol. The van der Waals surface area contributed by atoms with Crippen molar-refractivity contribution in [3.05, 3.63) is 15.6 Å². The molecule has 17 heavy (non-hydrogen) atoms. The summed E-state index contributed by atoms with van der Waals surface area (Å²) in [5.74, 6) is 0.881. The van der Waals surface area contributed by atoms with Gasteiger partial charge >= 0.3 is 0 Å². The Morgan fingerprint density at radius 3 is 2.76 bits per heavy atom. The molecule has 2 rings (SSSR count). The topological polar surface area (TPSA) is 24.9 Å². The maximum absolute atomic E-state index is 4.52. The zero-order valence-electron chi connectivity index (χ0n) is 11.4. The molecule has 0 radical (unpaired) electrons. The van der Waals surface area contributed by atoms with Crippen molar-refractivity contribution in [2.24, 2.45) is 5.92 Å². The van der Waals surface area contributed by atoms with Gasteiger partial charge in [0.25, 0.3) is 0 Å². The van der Waals surface area contributed by atoms with E-state index in [1.165, 1.54) is 41.3 Å². The minimum atomic E-state index is 0.457. The van der Waals surface area contributed by atoms with Crippen LogP contribution in [-0.4, -0.2) is 11.0 Å². The van der Waals surface area contributed by atoms with Crippen LogP contribution in [0.5, 0.6) is 0 Å². The number of aryl methyl sites for hydroxylation is 2. The Morgan fingerprint density at radius 1 is 1.41 bits per heavy atom. The molecule has 1 aromatic rings. The van der Waals surface area contributed by atoms with Crippen LogP contribution in [0, 0.1) is 19.8 Å². The summed E-state index contributed by atoms with van der Waals surface area (Å²) in [5, 5.41) is 5.01. The van der Waals surface area contributed by atoms with Crippen molar-refractivity contribution >= 4 is 11.3 Å². The van der Waals surface area contributed by atoms with Crippen LogP contribution in [0.1, 0.15) is 61.2 Å². The van der Waals surface area contributed by atoms with E-state index in [0.717, 1.165) is 12.0 Å². The summed E-state index contributed by atoms with van der Waals surface area (Å²) < 4.78 is 0. The minimum absolute atomic E-state index is 0.457. The normalized spacial score (nSPS) is 26.4. The second kappa shape index (κ2) is 5.49. The number of aromatic nitrogens is 1. The van der Waals surface area contributed by atoms with Crippen LogP contribution in [0.3, 0.4) is 0 Å². The van der Waals surface area contributed by atoms with E-state index in [-0.39, 0.29) is 0 Å². The predicted molar refractivity (Wildman–Crippen MR) is 74.6 cm³/mol. The smallest absolute Gasteiger partial charge is 0.0900 e. The second-order valence-corrected chi connectivity index (χ2v) is 6.51. The van der Waals surface area contributed by atoms with Crippen LogP contribution in [-0.2, 0) is 0 Å². The van der Waals surface area contributed by atoms with E-state index in [1.54, 1.807) is 0 Å². The lowest BCUT2D eigenvalue weighted by molar-refractivity contribution is 0.361. The van der Waals surface area contributed by atoms with Crippen molar-refractivity contribution in [2.75, 3.05) is 0 Å². The molecule has 0 aromatic carbocycles. The minimum Gasteiger partial charge on any atom is -0.306 e. The van der Waals surface area contributed by atoms with Crippen molar-refractivity contribution in [1.29, 1.82) is 0 Å². The molecule has 3 unspecified atom stereocenters. The maximum atomic E-state index is 4.52. The molecule has 0 amide bonds. The Balaban J connectivity index is 2.01. The van der Waals surface area contributed by atoms with E-state index < -0.39 is 0 Å². The molecule has 0 spiro atoms. The first-order chi connectivity index (χ1) is 8.11. The zero-order valence-corrected chi connectivity index (χ0v) is 12.2. The van der Waals surface area contributed by atoms with Crippen LogP contribution < -0.4 is 5.32 Å². The maximum Gasteiger partial charge on any atom is 0.0900 e. The summed E-state index contributed by atoms with van der Waals surface area (Å²) >= 11 is 1.84. The first-order valence-electron chi connectivity index (χ1n) is 6.81. The Morgan fingerprint density at radius 2 is 2.18 bits per heavy atom. The molecule has 1 N–H and O–H groups in total. The average Bonchev–Trinajstić information content (AvgIpc) is 2.84. The molecular weight excluding hydrogens is 228 g/mol. The summed E-state index contributed by atoms with van der Waals surface area (Å²) in [7, 11) is 0. The van der Waals surface area contributed by atoms with E-state index in [9.17, 15) is 0 Å². The van der Waals surface area contributed by atoms with E-state index in [2.05, 4.69) is 38.0 Å². The third-order valence-corrected chi connectivity index (χ3v) is 5.24. The van der Waals surface area contributed by atoms with Crippen LogP contribution in [0.4, 0.5) is 0 Å². The van der Waals surface area contributed by atoms with Crippen molar-refractivity contribution in [3.8, 4) is 0 Å². The van der Waals surface area contributed by atoms with Crippen LogP contribution >= 0.6 is 11.3 Å². The Labute approximate surface area is 109 Å². The fourth-order valence-corrected chi connectivity index (χ4v) is 4.03. The summed E-state index contributed by atoms with van der Waals surface area (Å²) in [6.45, 7) is 8.82. The highest BCUT2D eigenvalue weighted by atomic mass is 32.1. The molecule has 1 saturated carbocycles. The van der Waals surface area contributed by atoms with Crippen LogP contribution in [0.2, 0.25) is 0 Å². The van der Waals surface area contributed by atoms with Crippen molar-refractivity contribution in [3.63, 3.8) is 0 Å². The summed E-state index contributed by atoms with van der Waals surface area (Å²) in [5.41, 5.74) is 1.21. The molecule has 1 aliphatic carbocycles. The van der Waals surface area contributed by atoms with E-state index >= 15 is 0 Å². The SMILES string of the molecule is CCC1CCCC1NC(C)c1sc(C)nc1C. The Hall–Kier alpha value is -0.410. The second-order valence-electron chi connectivity index (χ2n) is 5.28. The van der Waals surface area contributed by atoms with E-state index in [1.807, 2.05) is 11.3 Å². The van der Waals surface area contributed by atoms with Gasteiger partial charge in [0.2, 0.25) is 0 Å². The molecule has 96 valence electrons. The Kier molecular flexibility index (Phi) is 4.21. The number of nitrogens with zero attached hydrogens (tertiary/aromatic N) is 1. The van der Waals surface area contributed by atoms with Gasteiger partial charge in [0.1, 0.15) is 0 Å². The van der Waals surface area contributed by atoms with Gasteiger partial charge in [0, 0.05) is 17.0 Å². The molecule has 1 aromatic heterocycles. The van der Waals surface area contributed by atoms with Gasteiger partial charge in [-0.15, -0.1) is 11.3 Å². The van der Waals surface area contributed by atoms with Gasteiger partial charge < -0.3 is 5.32 Å². The van der Waals surface area contributed by atoms with Gasteiger partial charge in [-0.3, -0.25) is 0 Å². The lowest BCUT2D eigenvalue weighted by atomic mass is 10.00. The highest BCUT2D eigenvalue weighted by Crippen LogP contribution is 2.31. The first kappa shape index (κ1) is 13.0. The molecular formula is C14H24N2S. The molecule has 0 bridgehead atoms. The third-order valence-electron chi connectivity index (χ3n) is 3.98. The van der Waals surface area contributed by atoms with Crippen LogP contribution in [0.25, 0.3) is 0 Å². The van der Waals surface area contributed by atoms with Crippen LogP contribution in [0.15, 0.2) is 0 Å². The van der Waals surface area contributed by atoms with E-state index in [4.69, 9.17) is 0 Å². The quantitative estimate of drug-likeness (QED) is 0.876. The van der Waals surface area contributed by atoms with Gasteiger partial charge in [-0.25, -0.2) is 4.98 Å². The molecule has 1 aliphatic rings. The van der Waals surface area contributed by atoms with E-state index in [0.29, 0.717) is 6.04 Å². The zero-order chi connectivity index (χ0) is 12.4. The van der Waals surface area contributed by atoms with Crippen molar-refractivity contribution < 1.29 is 0 Å². The van der Waals surface area contributed by atoms with Gasteiger partial charge in [-0.05, 0) is 39.5 Å². The van der Waals surface area contributed by atoms with Gasteiger partial charge in [-0.2, -0.15) is 0 Å². The van der Waals surface area contributed by atoms with Gasteiger partial charge in [-0.1, -0.05) is 19.8 Å². The highest BCUT2D eigenvalue weighted by Gasteiger charge is 2.27. The predicted octanol–water partition coefficient (Wildman–Crippen LogP) is 3.99. The van der Waals surface area contributed by atoms with Crippen molar-refractivity contribution in [1.82, 2.24) is 10.3 Å². The largest absolute Gasteiger partial charge is 0.306 e. The summed E-state index contributed by atoms with van der Waals surface area (Å²) in [6, 6.07) is 1.18.